The molecule has 0 spiro atoms. The third kappa shape index (κ3) is 3.35. The van der Waals surface area contributed by atoms with Crippen LogP contribution in [-0.4, -0.2) is 16.8 Å². The van der Waals surface area contributed by atoms with E-state index in [0.717, 1.165) is 11.6 Å². The summed E-state index contributed by atoms with van der Waals surface area (Å²) < 4.78 is 13.8. The van der Waals surface area contributed by atoms with Crippen molar-refractivity contribution in [3.8, 4) is 5.75 Å². The minimum atomic E-state index is -0.463. The number of aromatic hydroxyl groups is 1. The van der Waals surface area contributed by atoms with Crippen LogP contribution in [-0.2, 0) is 0 Å². The van der Waals surface area contributed by atoms with Gasteiger partial charge in [0.2, 0.25) is 0 Å². The molecule has 4 heteroatoms. The summed E-state index contributed by atoms with van der Waals surface area (Å²) in [6.07, 6.45) is 0. The van der Waals surface area contributed by atoms with Crippen LogP contribution in [0.15, 0.2) is 48.5 Å². The molecule has 0 saturated heterocycles. The third-order valence-electron chi connectivity index (χ3n) is 3.29. The van der Waals surface area contributed by atoms with Crippen molar-refractivity contribution in [1.82, 2.24) is 5.32 Å². The normalized spacial score (nSPS) is 13.9. The number of phenols is 1. The van der Waals surface area contributed by atoms with Gasteiger partial charge in [0.25, 0.3) is 0 Å². The van der Waals surface area contributed by atoms with Crippen LogP contribution >= 0.6 is 0 Å². The van der Waals surface area contributed by atoms with Crippen molar-refractivity contribution in [3.05, 3.63) is 65.5 Å². The molecule has 0 aliphatic heterocycles. The fraction of sp³-hybridized carbons (Fsp3) is 0.250. The van der Waals surface area contributed by atoms with Gasteiger partial charge in [-0.25, -0.2) is 4.39 Å². The summed E-state index contributed by atoms with van der Waals surface area (Å²) in [5.74, 6) is -0.560. The number of hydrogen-bond donors (Lipinski definition) is 3. The SMILES string of the molecule is CC(N[C@H](CO)c1ccccc1)c1ccc(O)cc1F. The number of rotatable bonds is 5. The number of aliphatic hydroxyl groups is 1. The maximum Gasteiger partial charge on any atom is 0.131 e. The lowest BCUT2D eigenvalue weighted by molar-refractivity contribution is 0.234. The van der Waals surface area contributed by atoms with Crippen LogP contribution in [0.25, 0.3) is 0 Å². The predicted octanol–water partition coefficient (Wildman–Crippen LogP) is 2.92. The Balaban J connectivity index is 2.15. The van der Waals surface area contributed by atoms with Crippen molar-refractivity contribution in [3.63, 3.8) is 0 Å². The molecule has 0 saturated carbocycles. The van der Waals surface area contributed by atoms with Gasteiger partial charge in [-0.05, 0) is 18.6 Å². The van der Waals surface area contributed by atoms with Gasteiger partial charge in [0, 0.05) is 17.7 Å². The van der Waals surface area contributed by atoms with Crippen molar-refractivity contribution >= 4 is 0 Å². The Morgan fingerprint density at radius 1 is 1.15 bits per heavy atom. The molecule has 3 nitrogen and oxygen atoms in total. The van der Waals surface area contributed by atoms with Gasteiger partial charge in [0.05, 0.1) is 12.6 Å². The van der Waals surface area contributed by atoms with Crippen LogP contribution in [0.3, 0.4) is 0 Å². The van der Waals surface area contributed by atoms with Gasteiger partial charge in [-0.15, -0.1) is 0 Å². The molecule has 2 aromatic carbocycles. The Hall–Kier alpha value is -1.91. The topological polar surface area (TPSA) is 52.5 Å². The molecule has 0 amide bonds. The molecule has 2 rings (SSSR count). The molecule has 0 heterocycles. The van der Waals surface area contributed by atoms with Gasteiger partial charge in [0.15, 0.2) is 0 Å². The first kappa shape index (κ1) is 14.5. The van der Waals surface area contributed by atoms with Crippen LogP contribution in [0.2, 0.25) is 0 Å². The fourth-order valence-corrected chi connectivity index (χ4v) is 2.20. The largest absolute Gasteiger partial charge is 0.508 e. The monoisotopic (exact) mass is 275 g/mol. The smallest absolute Gasteiger partial charge is 0.131 e. The highest BCUT2D eigenvalue weighted by Gasteiger charge is 2.17. The average Bonchev–Trinajstić information content (AvgIpc) is 2.45. The average molecular weight is 275 g/mol. The second kappa shape index (κ2) is 6.50. The highest BCUT2D eigenvalue weighted by molar-refractivity contribution is 5.30. The second-order valence-electron chi connectivity index (χ2n) is 4.74. The van der Waals surface area contributed by atoms with Crippen molar-refractivity contribution in [1.29, 1.82) is 0 Å². The predicted molar refractivity (Wildman–Crippen MR) is 75.9 cm³/mol. The molecule has 0 fully saturated rings. The summed E-state index contributed by atoms with van der Waals surface area (Å²) in [6, 6.07) is 13.0. The number of phenolic OH excluding ortho intramolecular Hbond substituents is 1. The van der Waals surface area contributed by atoms with Crippen LogP contribution < -0.4 is 5.32 Å². The molecule has 106 valence electrons. The molecule has 0 aliphatic rings. The van der Waals surface area contributed by atoms with Gasteiger partial charge < -0.3 is 15.5 Å². The molecule has 0 aromatic heterocycles. The fourth-order valence-electron chi connectivity index (χ4n) is 2.20. The molecule has 0 radical (unpaired) electrons. The van der Waals surface area contributed by atoms with Gasteiger partial charge in [-0.2, -0.15) is 0 Å². The van der Waals surface area contributed by atoms with Crippen molar-refractivity contribution < 1.29 is 14.6 Å². The Labute approximate surface area is 117 Å². The van der Waals surface area contributed by atoms with Crippen LogP contribution in [0.4, 0.5) is 4.39 Å². The third-order valence-corrected chi connectivity index (χ3v) is 3.29. The molecule has 2 atom stereocenters. The highest BCUT2D eigenvalue weighted by atomic mass is 19.1. The zero-order chi connectivity index (χ0) is 14.5. The Morgan fingerprint density at radius 3 is 2.45 bits per heavy atom. The van der Waals surface area contributed by atoms with Gasteiger partial charge in [0.1, 0.15) is 11.6 Å². The Morgan fingerprint density at radius 2 is 1.85 bits per heavy atom. The Kier molecular flexibility index (Phi) is 4.71. The molecule has 0 bridgehead atoms. The van der Waals surface area contributed by atoms with E-state index >= 15 is 0 Å². The number of hydrogen-bond acceptors (Lipinski definition) is 3. The first-order chi connectivity index (χ1) is 9.61. The lowest BCUT2D eigenvalue weighted by atomic mass is 10.0. The lowest BCUT2D eigenvalue weighted by Crippen LogP contribution is -2.27. The zero-order valence-electron chi connectivity index (χ0n) is 11.3. The molecular formula is C16H18FNO2. The summed E-state index contributed by atoms with van der Waals surface area (Å²) in [7, 11) is 0. The number of benzene rings is 2. The van der Waals surface area contributed by atoms with Gasteiger partial charge >= 0.3 is 0 Å². The quantitative estimate of drug-likeness (QED) is 0.786. The summed E-state index contributed by atoms with van der Waals surface area (Å²) in [5.41, 5.74) is 1.40. The summed E-state index contributed by atoms with van der Waals surface area (Å²) in [4.78, 5) is 0. The molecule has 2 aromatic rings. The maximum absolute atomic E-state index is 13.8. The number of halogens is 1. The van der Waals surface area contributed by atoms with E-state index < -0.39 is 5.82 Å². The van der Waals surface area contributed by atoms with Crippen LogP contribution in [0, 0.1) is 5.82 Å². The first-order valence-corrected chi connectivity index (χ1v) is 6.52. The molecule has 3 N–H and O–H groups in total. The summed E-state index contributed by atoms with van der Waals surface area (Å²) in [6.45, 7) is 1.75. The molecule has 1 unspecified atom stereocenters. The Bertz CT molecular complexity index is 560. The zero-order valence-corrected chi connectivity index (χ0v) is 11.3. The number of aliphatic hydroxyl groups excluding tert-OH is 1. The minimum absolute atomic E-state index is 0.0753. The van der Waals surface area contributed by atoms with E-state index in [1.807, 2.05) is 37.3 Å². The van der Waals surface area contributed by atoms with Crippen molar-refractivity contribution in [2.75, 3.05) is 6.61 Å². The van der Waals surface area contributed by atoms with Crippen LogP contribution in [0.1, 0.15) is 30.1 Å². The molecule has 20 heavy (non-hydrogen) atoms. The van der Waals surface area contributed by atoms with Crippen LogP contribution in [0.5, 0.6) is 5.75 Å². The maximum atomic E-state index is 13.8. The lowest BCUT2D eigenvalue weighted by Gasteiger charge is -2.22. The number of nitrogens with one attached hydrogen (secondary N) is 1. The van der Waals surface area contributed by atoms with E-state index in [-0.39, 0.29) is 24.4 Å². The highest BCUT2D eigenvalue weighted by Crippen LogP contribution is 2.24. The van der Waals surface area contributed by atoms with Gasteiger partial charge in [-0.1, -0.05) is 36.4 Å². The van der Waals surface area contributed by atoms with E-state index in [9.17, 15) is 14.6 Å². The first-order valence-electron chi connectivity index (χ1n) is 6.52. The molecular weight excluding hydrogens is 257 g/mol. The second-order valence-corrected chi connectivity index (χ2v) is 4.74. The minimum Gasteiger partial charge on any atom is -0.508 e. The van der Waals surface area contributed by atoms with Gasteiger partial charge in [-0.3, -0.25) is 0 Å². The summed E-state index contributed by atoms with van der Waals surface area (Å²) in [5, 5.41) is 21.9. The standard InChI is InChI=1S/C16H18FNO2/c1-11(14-8-7-13(20)9-15(14)17)18-16(10-19)12-5-3-2-4-6-12/h2-9,11,16,18-20H,10H2,1H3/t11?,16-/m1/s1. The summed E-state index contributed by atoms with van der Waals surface area (Å²) >= 11 is 0. The van der Waals surface area contributed by atoms with Crippen molar-refractivity contribution in [2.24, 2.45) is 0 Å². The van der Waals surface area contributed by atoms with E-state index in [0.29, 0.717) is 5.56 Å². The van der Waals surface area contributed by atoms with E-state index in [4.69, 9.17) is 0 Å². The van der Waals surface area contributed by atoms with E-state index in [2.05, 4.69) is 5.32 Å². The van der Waals surface area contributed by atoms with E-state index in [1.54, 1.807) is 6.07 Å². The molecule has 0 aliphatic carbocycles. The van der Waals surface area contributed by atoms with E-state index in [1.165, 1.54) is 6.07 Å². The van der Waals surface area contributed by atoms with Crippen molar-refractivity contribution in [2.45, 2.75) is 19.0 Å².